The summed E-state index contributed by atoms with van der Waals surface area (Å²) in [6, 6.07) is 3.46. The third-order valence-electron chi connectivity index (χ3n) is 3.78. The summed E-state index contributed by atoms with van der Waals surface area (Å²) in [7, 11) is 0. The second-order valence-electron chi connectivity index (χ2n) is 7.96. The molecule has 2 aromatic rings. The molecule has 0 fully saturated rings. The second-order valence-corrected chi connectivity index (χ2v) is 8.75. The van der Waals surface area contributed by atoms with Gasteiger partial charge in [0.25, 0.3) is 5.56 Å². The molecule has 0 amide bonds. The van der Waals surface area contributed by atoms with E-state index in [1.54, 1.807) is 12.1 Å². The highest BCUT2D eigenvalue weighted by atomic mass is 35.5. The summed E-state index contributed by atoms with van der Waals surface area (Å²) in [5, 5.41) is 11.4. The van der Waals surface area contributed by atoms with E-state index in [0.717, 1.165) is 4.68 Å². The van der Waals surface area contributed by atoms with Crippen molar-refractivity contribution >= 4 is 30.0 Å². The maximum absolute atomic E-state index is 12.7. The van der Waals surface area contributed by atoms with E-state index in [0.29, 0.717) is 46.9 Å². The Hall–Kier alpha value is -2.19. The number of H-pyrrole nitrogens is 1. The maximum atomic E-state index is 12.7. The third kappa shape index (κ3) is 5.90. The minimum absolute atomic E-state index is 0.104. The summed E-state index contributed by atoms with van der Waals surface area (Å²) in [4.78, 5) is 12.7. The zero-order valence-electron chi connectivity index (χ0n) is 17.6. The van der Waals surface area contributed by atoms with E-state index in [1.807, 2.05) is 27.7 Å². The molecule has 1 N–H and O–H groups in total. The second kappa shape index (κ2) is 9.54. The summed E-state index contributed by atoms with van der Waals surface area (Å²) in [6.07, 6.45) is 1.50. The molecule has 1 aromatic carbocycles. The Labute approximate surface area is 180 Å². The van der Waals surface area contributed by atoms with Gasteiger partial charge in [-0.25, -0.2) is 0 Å². The van der Waals surface area contributed by atoms with Gasteiger partial charge in [-0.3, -0.25) is 9.89 Å². The van der Waals surface area contributed by atoms with E-state index in [9.17, 15) is 4.79 Å². The highest BCUT2D eigenvalue weighted by Crippen LogP contribution is 2.36. The molecule has 0 radical (unpaired) electrons. The van der Waals surface area contributed by atoms with Crippen LogP contribution in [-0.2, 0) is 5.41 Å². The summed E-state index contributed by atoms with van der Waals surface area (Å²) in [6.45, 7) is 12.6. The van der Waals surface area contributed by atoms with Crippen molar-refractivity contribution < 1.29 is 9.47 Å². The predicted octanol–water partition coefficient (Wildman–Crippen LogP) is 4.57. The fraction of sp³-hybridized carbons (Fsp3) is 0.500. The molecule has 0 atom stereocenters. The van der Waals surface area contributed by atoms with Gasteiger partial charge in [-0.1, -0.05) is 46.2 Å². The number of hydrogen-bond acceptors (Lipinski definition) is 6. The largest absolute Gasteiger partial charge is 0.490 e. The number of rotatable bonds is 7. The minimum Gasteiger partial charge on any atom is -0.490 e. The van der Waals surface area contributed by atoms with Gasteiger partial charge in [-0.05, 0) is 42.8 Å². The van der Waals surface area contributed by atoms with Gasteiger partial charge in [0.15, 0.2) is 11.5 Å². The average Bonchev–Trinajstić information content (AvgIpc) is 2.59. The number of nitrogens with zero attached hydrogens (tertiary/aromatic N) is 3. The number of benzene rings is 1. The van der Waals surface area contributed by atoms with Gasteiger partial charge >= 0.3 is 0 Å². The fourth-order valence-corrected chi connectivity index (χ4v) is 2.87. The van der Waals surface area contributed by atoms with E-state index < -0.39 is 5.41 Å². The third-order valence-corrected chi connectivity index (χ3v) is 4.32. The molecule has 158 valence electrons. The van der Waals surface area contributed by atoms with E-state index in [1.165, 1.54) is 6.21 Å². The van der Waals surface area contributed by atoms with Crippen molar-refractivity contribution in [3.05, 3.63) is 43.5 Å². The lowest BCUT2D eigenvalue weighted by atomic mass is 9.93. The summed E-state index contributed by atoms with van der Waals surface area (Å²) in [5.74, 6) is 1.36. The van der Waals surface area contributed by atoms with Crippen molar-refractivity contribution in [2.45, 2.75) is 47.0 Å². The maximum Gasteiger partial charge on any atom is 0.297 e. The Balaban J connectivity index is 2.46. The predicted molar refractivity (Wildman–Crippen MR) is 118 cm³/mol. The normalized spacial score (nSPS) is 12.0. The molecular formula is C20H27ClN4O3S. The number of aromatic amines is 1. The average molecular weight is 439 g/mol. The Morgan fingerprint density at radius 3 is 2.62 bits per heavy atom. The van der Waals surface area contributed by atoms with Crippen LogP contribution in [0.5, 0.6) is 11.5 Å². The molecule has 9 heteroatoms. The molecule has 0 saturated heterocycles. The Bertz CT molecular complexity index is 1010. The quantitative estimate of drug-likeness (QED) is 0.506. The lowest BCUT2D eigenvalue weighted by Crippen LogP contribution is -2.32. The first kappa shape index (κ1) is 23.1. The molecule has 0 aliphatic heterocycles. The zero-order valence-corrected chi connectivity index (χ0v) is 19.1. The molecule has 29 heavy (non-hydrogen) atoms. The molecule has 2 rings (SSSR count). The monoisotopic (exact) mass is 438 g/mol. The van der Waals surface area contributed by atoms with Crippen molar-refractivity contribution in [1.82, 2.24) is 14.9 Å². The standard InChI is InChI=1S/C20H27ClN4O3S/c1-7-27-15-9-13(8-14(21)16(15)28-11-12(2)3)10-22-25-18(26)17(20(4,5)6)23-24-19(25)29/h8-10,12H,7,11H2,1-6H3,(H,24,29)/b22-10-. The van der Waals surface area contributed by atoms with Crippen molar-refractivity contribution in [2.75, 3.05) is 13.2 Å². The molecular weight excluding hydrogens is 412 g/mol. The first-order chi connectivity index (χ1) is 13.5. The van der Waals surface area contributed by atoms with Crippen molar-refractivity contribution in [1.29, 1.82) is 0 Å². The van der Waals surface area contributed by atoms with Crippen LogP contribution in [0.2, 0.25) is 5.02 Å². The van der Waals surface area contributed by atoms with Gasteiger partial charge in [-0.15, -0.1) is 0 Å². The number of ether oxygens (including phenoxy) is 2. The van der Waals surface area contributed by atoms with Crippen LogP contribution in [0.25, 0.3) is 0 Å². The highest BCUT2D eigenvalue weighted by Gasteiger charge is 2.21. The van der Waals surface area contributed by atoms with Gasteiger partial charge in [0.1, 0.15) is 5.69 Å². The molecule has 1 aromatic heterocycles. The van der Waals surface area contributed by atoms with Crippen molar-refractivity contribution in [3.63, 3.8) is 0 Å². The molecule has 0 aliphatic rings. The van der Waals surface area contributed by atoms with Crippen LogP contribution >= 0.6 is 23.8 Å². The first-order valence-electron chi connectivity index (χ1n) is 9.40. The summed E-state index contributed by atoms with van der Waals surface area (Å²) < 4.78 is 12.7. The van der Waals surface area contributed by atoms with E-state index in [-0.39, 0.29) is 10.3 Å². The number of aromatic nitrogens is 3. The fourth-order valence-electron chi connectivity index (χ4n) is 2.42. The molecule has 7 nitrogen and oxygen atoms in total. The summed E-state index contributed by atoms with van der Waals surface area (Å²) in [5.41, 5.74) is 0.166. The van der Waals surface area contributed by atoms with Crippen LogP contribution in [-0.4, -0.2) is 34.3 Å². The van der Waals surface area contributed by atoms with E-state index in [4.69, 9.17) is 33.3 Å². The van der Waals surface area contributed by atoms with Crippen LogP contribution in [0.3, 0.4) is 0 Å². The molecule has 0 bridgehead atoms. The zero-order chi connectivity index (χ0) is 21.8. The first-order valence-corrected chi connectivity index (χ1v) is 10.2. The van der Waals surface area contributed by atoms with Crippen molar-refractivity contribution in [3.8, 4) is 11.5 Å². The molecule has 0 spiro atoms. The molecule has 0 unspecified atom stereocenters. The number of nitrogens with one attached hydrogen (secondary N) is 1. The van der Waals surface area contributed by atoms with Crippen LogP contribution < -0.4 is 15.0 Å². The van der Waals surface area contributed by atoms with Crippen LogP contribution in [0.4, 0.5) is 0 Å². The molecule has 0 saturated carbocycles. The molecule has 1 heterocycles. The molecule has 0 aliphatic carbocycles. The smallest absolute Gasteiger partial charge is 0.297 e. The van der Waals surface area contributed by atoms with E-state index in [2.05, 4.69) is 29.1 Å². The van der Waals surface area contributed by atoms with Gasteiger partial charge in [-0.2, -0.15) is 14.9 Å². The summed E-state index contributed by atoms with van der Waals surface area (Å²) >= 11 is 11.6. The lowest BCUT2D eigenvalue weighted by molar-refractivity contribution is 0.248. The lowest BCUT2D eigenvalue weighted by Gasteiger charge is -2.16. The van der Waals surface area contributed by atoms with Crippen LogP contribution in [0.15, 0.2) is 22.0 Å². The van der Waals surface area contributed by atoms with Crippen LogP contribution in [0.1, 0.15) is 52.8 Å². The van der Waals surface area contributed by atoms with Crippen LogP contribution in [0, 0.1) is 10.7 Å². The Morgan fingerprint density at radius 2 is 2.03 bits per heavy atom. The van der Waals surface area contributed by atoms with Gasteiger partial charge < -0.3 is 9.47 Å². The highest BCUT2D eigenvalue weighted by molar-refractivity contribution is 7.71. The van der Waals surface area contributed by atoms with E-state index >= 15 is 0 Å². The van der Waals surface area contributed by atoms with Crippen molar-refractivity contribution in [2.24, 2.45) is 11.0 Å². The number of halogens is 1. The SMILES string of the molecule is CCOc1cc(/C=N\n2c(=S)[nH]nc(C(C)(C)C)c2=O)cc(Cl)c1OCC(C)C. The topological polar surface area (TPSA) is 81.5 Å². The Kier molecular flexibility index (Phi) is 7.60. The Morgan fingerprint density at radius 1 is 1.34 bits per heavy atom. The van der Waals surface area contributed by atoms with Gasteiger partial charge in [0.2, 0.25) is 4.77 Å². The van der Waals surface area contributed by atoms with Gasteiger partial charge in [0, 0.05) is 5.41 Å². The number of hydrogen-bond donors (Lipinski definition) is 1. The van der Waals surface area contributed by atoms with Gasteiger partial charge in [0.05, 0.1) is 24.5 Å². The minimum atomic E-state index is -0.450.